The molecule has 1 heterocycles. The van der Waals surface area contributed by atoms with Crippen molar-refractivity contribution in [3.63, 3.8) is 0 Å². The van der Waals surface area contributed by atoms with Gasteiger partial charge in [-0.05, 0) is 41.5 Å². The van der Waals surface area contributed by atoms with Crippen LogP contribution in [0.5, 0.6) is 0 Å². The summed E-state index contributed by atoms with van der Waals surface area (Å²) in [6, 6.07) is 8.71. The van der Waals surface area contributed by atoms with Gasteiger partial charge in [0.25, 0.3) is 11.5 Å². The summed E-state index contributed by atoms with van der Waals surface area (Å²) in [6.07, 6.45) is 4.03. The van der Waals surface area contributed by atoms with Gasteiger partial charge in [-0.2, -0.15) is 0 Å². The van der Waals surface area contributed by atoms with E-state index >= 15 is 0 Å². The number of anilines is 1. The third-order valence-corrected chi connectivity index (χ3v) is 3.74. The number of aromatic nitrogens is 1. The number of carbonyl (C=O) groups is 1. The van der Waals surface area contributed by atoms with E-state index in [1.165, 1.54) is 24.5 Å². The normalized spacial score (nSPS) is 11.5. The fraction of sp³-hybridized carbons (Fsp3) is 0.211. The molecule has 0 aliphatic heterocycles. The first-order valence-corrected chi connectivity index (χ1v) is 7.84. The second-order valence-corrected chi connectivity index (χ2v) is 6.69. The predicted octanol–water partition coefficient (Wildman–Crippen LogP) is 2.76. The summed E-state index contributed by atoms with van der Waals surface area (Å²) < 4.78 is 0. The monoisotopic (exact) mass is 338 g/mol. The Morgan fingerprint density at radius 2 is 1.84 bits per heavy atom. The number of nitrogens with two attached hydrogens (primary N) is 1. The molecular weight excluding hydrogens is 316 g/mol. The number of H-pyrrole nitrogens is 1. The standard InChI is InChI=1S/C19H22N4O2/c1-19(2,3)14-6-4-12(5-7-14)17(24)23-16-10-13(11-22-18(16)25)15(21)8-9-20/h4-11,21H,20H2,1-3H3,(H,22,25)(H,23,24)/b9-8-,21-15?. The van der Waals surface area contributed by atoms with Crippen molar-refractivity contribution in [3.8, 4) is 0 Å². The van der Waals surface area contributed by atoms with Crippen molar-refractivity contribution in [2.75, 3.05) is 5.32 Å². The largest absolute Gasteiger partial charge is 0.405 e. The molecule has 0 atom stereocenters. The summed E-state index contributed by atoms with van der Waals surface area (Å²) in [5.74, 6) is -0.385. The molecule has 0 radical (unpaired) electrons. The van der Waals surface area contributed by atoms with E-state index in [0.717, 1.165) is 5.56 Å². The van der Waals surface area contributed by atoms with Gasteiger partial charge < -0.3 is 21.4 Å². The van der Waals surface area contributed by atoms with E-state index in [0.29, 0.717) is 11.1 Å². The number of carbonyl (C=O) groups excluding carboxylic acids is 1. The van der Waals surface area contributed by atoms with E-state index in [1.54, 1.807) is 12.1 Å². The molecule has 0 aliphatic rings. The van der Waals surface area contributed by atoms with Crippen molar-refractivity contribution in [1.82, 2.24) is 4.98 Å². The van der Waals surface area contributed by atoms with Gasteiger partial charge in [-0.1, -0.05) is 32.9 Å². The van der Waals surface area contributed by atoms with Crippen LogP contribution in [0.1, 0.15) is 42.3 Å². The predicted molar refractivity (Wildman–Crippen MR) is 100 cm³/mol. The summed E-state index contributed by atoms with van der Waals surface area (Å²) in [4.78, 5) is 26.8. The molecule has 5 N–H and O–H groups in total. The molecule has 130 valence electrons. The second-order valence-electron chi connectivity index (χ2n) is 6.69. The minimum Gasteiger partial charge on any atom is -0.405 e. The van der Waals surface area contributed by atoms with Crippen molar-refractivity contribution in [2.24, 2.45) is 5.73 Å². The third-order valence-electron chi connectivity index (χ3n) is 3.74. The zero-order valence-corrected chi connectivity index (χ0v) is 14.5. The van der Waals surface area contributed by atoms with E-state index in [2.05, 4.69) is 31.1 Å². The van der Waals surface area contributed by atoms with E-state index < -0.39 is 5.56 Å². The minimum absolute atomic E-state index is 0.00262. The maximum atomic E-state index is 12.4. The van der Waals surface area contributed by atoms with Crippen LogP contribution < -0.4 is 16.6 Å². The Morgan fingerprint density at radius 3 is 2.40 bits per heavy atom. The third kappa shape index (κ3) is 4.44. The number of pyridine rings is 1. The second kappa shape index (κ2) is 7.17. The lowest BCUT2D eigenvalue weighted by Crippen LogP contribution is -2.21. The van der Waals surface area contributed by atoms with Crippen LogP contribution >= 0.6 is 0 Å². The molecule has 6 nitrogen and oxygen atoms in total. The molecular formula is C19H22N4O2. The van der Waals surface area contributed by atoms with Crippen LogP contribution in [0.15, 0.2) is 53.6 Å². The van der Waals surface area contributed by atoms with Crippen LogP contribution in [0, 0.1) is 5.41 Å². The molecule has 0 aliphatic carbocycles. The van der Waals surface area contributed by atoms with Gasteiger partial charge in [0, 0.05) is 17.3 Å². The summed E-state index contributed by atoms with van der Waals surface area (Å²) in [5.41, 5.74) is 7.06. The Kier molecular flexibility index (Phi) is 5.22. The number of hydrogen-bond acceptors (Lipinski definition) is 4. The number of hydrogen-bond donors (Lipinski definition) is 4. The molecule has 1 amide bonds. The topological polar surface area (TPSA) is 112 Å². The minimum atomic E-state index is -0.437. The lowest BCUT2D eigenvalue weighted by atomic mass is 9.87. The van der Waals surface area contributed by atoms with Crippen LogP contribution in [0.3, 0.4) is 0 Å². The quantitative estimate of drug-likeness (QED) is 0.643. The molecule has 0 bridgehead atoms. The highest BCUT2D eigenvalue weighted by Gasteiger charge is 2.15. The summed E-state index contributed by atoms with van der Waals surface area (Å²) in [5, 5.41) is 10.4. The Hall–Kier alpha value is -3.15. The molecule has 1 aromatic carbocycles. The van der Waals surface area contributed by atoms with Crippen molar-refractivity contribution in [1.29, 1.82) is 5.41 Å². The number of allylic oxidation sites excluding steroid dienone is 1. The van der Waals surface area contributed by atoms with Crippen LogP contribution in [0.4, 0.5) is 5.69 Å². The van der Waals surface area contributed by atoms with Crippen LogP contribution in [-0.4, -0.2) is 16.6 Å². The molecule has 0 unspecified atom stereocenters. The highest BCUT2D eigenvalue weighted by atomic mass is 16.2. The molecule has 2 rings (SSSR count). The van der Waals surface area contributed by atoms with E-state index in [9.17, 15) is 9.59 Å². The molecule has 6 heteroatoms. The van der Waals surface area contributed by atoms with Gasteiger partial charge in [0.15, 0.2) is 0 Å². The SMILES string of the molecule is CC(C)(C)c1ccc(C(=O)Nc2cc(C(=N)/C=C\N)c[nH]c2=O)cc1. The first-order valence-electron chi connectivity index (χ1n) is 7.84. The lowest BCUT2D eigenvalue weighted by molar-refractivity contribution is 0.102. The molecule has 0 spiro atoms. The molecule has 1 aromatic heterocycles. The molecule has 0 fully saturated rings. The fourth-order valence-corrected chi connectivity index (χ4v) is 2.24. The molecule has 0 saturated heterocycles. The van der Waals surface area contributed by atoms with E-state index in [1.807, 2.05) is 12.1 Å². The van der Waals surface area contributed by atoms with Crippen LogP contribution in [0.25, 0.3) is 0 Å². The van der Waals surface area contributed by atoms with Crippen molar-refractivity contribution in [2.45, 2.75) is 26.2 Å². The number of rotatable bonds is 4. The zero-order valence-electron chi connectivity index (χ0n) is 14.5. The summed E-state index contributed by atoms with van der Waals surface area (Å²) >= 11 is 0. The van der Waals surface area contributed by atoms with Gasteiger partial charge in [-0.3, -0.25) is 9.59 Å². The van der Waals surface area contributed by atoms with Crippen molar-refractivity contribution in [3.05, 3.63) is 75.8 Å². The molecule has 0 saturated carbocycles. The Morgan fingerprint density at radius 1 is 1.20 bits per heavy atom. The van der Waals surface area contributed by atoms with Gasteiger partial charge in [0.05, 0.1) is 5.71 Å². The maximum absolute atomic E-state index is 12.4. The molecule has 25 heavy (non-hydrogen) atoms. The van der Waals surface area contributed by atoms with Gasteiger partial charge in [0.1, 0.15) is 5.69 Å². The van der Waals surface area contributed by atoms with Gasteiger partial charge in [-0.25, -0.2) is 0 Å². The summed E-state index contributed by atoms with van der Waals surface area (Å²) in [6.45, 7) is 6.29. The van der Waals surface area contributed by atoms with E-state index in [4.69, 9.17) is 11.1 Å². The van der Waals surface area contributed by atoms with Crippen molar-refractivity contribution < 1.29 is 4.79 Å². The van der Waals surface area contributed by atoms with Crippen LogP contribution in [0.2, 0.25) is 0 Å². The van der Waals surface area contributed by atoms with Crippen LogP contribution in [-0.2, 0) is 5.41 Å². The Bertz CT molecular complexity index is 872. The fourth-order valence-electron chi connectivity index (χ4n) is 2.24. The highest BCUT2D eigenvalue weighted by molar-refractivity contribution is 6.08. The first kappa shape index (κ1) is 18.2. The van der Waals surface area contributed by atoms with Gasteiger partial charge in [-0.15, -0.1) is 0 Å². The Labute approximate surface area is 146 Å². The Balaban J connectivity index is 2.24. The average molecular weight is 338 g/mol. The average Bonchev–Trinajstić information content (AvgIpc) is 2.56. The number of amides is 1. The molecule has 2 aromatic rings. The van der Waals surface area contributed by atoms with Gasteiger partial charge >= 0.3 is 0 Å². The first-order chi connectivity index (χ1) is 11.7. The van der Waals surface area contributed by atoms with Gasteiger partial charge in [0.2, 0.25) is 0 Å². The zero-order chi connectivity index (χ0) is 18.6. The van der Waals surface area contributed by atoms with E-state index in [-0.39, 0.29) is 22.7 Å². The summed E-state index contributed by atoms with van der Waals surface area (Å²) in [7, 11) is 0. The highest BCUT2D eigenvalue weighted by Crippen LogP contribution is 2.22. The van der Waals surface area contributed by atoms with Crippen molar-refractivity contribution >= 4 is 17.3 Å². The smallest absolute Gasteiger partial charge is 0.271 e. The number of nitrogens with one attached hydrogen (secondary N) is 3. The lowest BCUT2D eigenvalue weighted by Gasteiger charge is -2.19. The number of benzene rings is 1. The number of aromatic amines is 1. The maximum Gasteiger partial charge on any atom is 0.271 e.